The van der Waals surface area contributed by atoms with Crippen LogP contribution in [0.4, 0.5) is 9.18 Å². The molecule has 0 aromatic heterocycles. The minimum absolute atomic E-state index is 0.185. The molecule has 2 bridgehead atoms. The topological polar surface area (TPSA) is 41.6 Å². The predicted octanol–water partition coefficient (Wildman–Crippen LogP) is 2.54. The third-order valence-electron chi connectivity index (χ3n) is 4.60. The van der Waals surface area contributed by atoms with E-state index in [2.05, 4.69) is 11.2 Å². The summed E-state index contributed by atoms with van der Waals surface area (Å²) in [5.74, 6) is 2.61. The average molecular weight is 316 g/mol. The van der Waals surface area contributed by atoms with Crippen LogP contribution in [-0.2, 0) is 11.3 Å². The summed E-state index contributed by atoms with van der Waals surface area (Å²) in [4.78, 5) is 13.9. The summed E-state index contributed by atoms with van der Waals surface area (Å²) >= 11 is 0. The van der Waals surface area contributed by atoms with Crippen LogP contribution in [0.5, 0.6) is 0 Å². The van der Waals surface area contributed by atoms with Gasteiger partial charge in [0.1, 0.15) is 5.82 Å². The maximum Gasteiger partial charge on any atom is 0.318 e. The molecule has 2 saturated heterocycles. The molecule has 0 radical (unpaired) electrons. The molecular weight excluding hydrogens is 295 g/mol. The van der Waals surface area contributed by atoms with Crippen LogP contribution in [0.25, 0.3) is 0 Å². The first-order chi connectivity index (χ1) is 11.2. The van der Waals surface area contributed by atoms with Crippen LogP contribution in [0, 0.1) is 24.1 Å². The van der Waals surface area contributed by atoms with E-state index in [4.69, 9.17) is 11.2 Å². The lowest BCUT2D eigenvalue weighted by Crippen LogP contribution is -2.43. The molecule has 2 aliphatic rings. The number of benzene rings is 1. The zero-order chi connectivity index (χ0) is 16.2. The Morgan fingerprint density at radius 1 is 1.39 bits per heavy atom. The third kappa shape index (κ3) is 3.83. The first-order valence-electron chi connectivity index (χ1n) is 8.02. The molecule has 4 nitrogen and oxygen atoms in total. The van der Waals surface area contributed by atoms with Crippen molar-refractivity contribution in [3.63, 3.8) is 0 Å². The van der Waals surface area contributed by atoms with Gasteiger partial charge in [0.05, 0.1) is 18.8 Å². The summed E-state index contributed by atoms with van der Waals surface area (Å²) in [5, 5.41) is 2.96. The Hall–Kier alpha value is -2.06. The van der Waals surface area contributed by atoms with Crippen molar-refractivity contribution in [2.24, 2.45) is 5.92 Å². The van der Waals surface area contributed by atoms with Crippen molar-refractivity contribution >= 4 is 6.03 Å². The van der Waals surface area contributed by atoms with Crippen molar-refractivity contribution in [1.82, 2.24) is 10.2 Å². The number of nitrogens with zero attached hydrogens (tertiary/aromatic N) is 1. The van der Waals surface area contributed by atoms with Crippen LogP contribution in [0.3, 0.4) is 0 Å². The van der Waals surface area contributed by atoms with Gasteiger partial charge in [0, 0.05) is 19.0 Å². The van der Waals surface area contributed by atoms with Crippen molar-refractivity contribution in [3.8, 4) is 12.3 Å². The van der Waals surface area contributed by atoms with Gasteiger partial charge in [0.15, 0.2) is 0 Å². The lowest BCUT2D eigenvalue weighted by molar-refractivity contribution is 0.0924. The number of carbonyl (C=O) groups excluding carboxylic acids is 1. The summed E-state index contributed by atoms with van der Waals surface area (Å²) < 4.78 is 18.8. The lowest BCUT2D eigenvalue weighted by Gasteiger charge is -2.24. The van der Waals surface area contributed by atoms with E-state index in [1.807, 2.05) is 0 Å². The van der Waals surface area contributed by atoms with Crippen molar-refractivity contribution < 1.29 is 13.9 Å². The molecule has 5 heteroatoms. The van der Waals surface area contributed by atoms with E-state index >= 15 is 0 Å². The highest BCUT2D eigenvalue weighted by atomic mass is 19.1. The molecule has 0 spiro atoms. The second-order valence-corrected chi connectivity index (χ2v) is 6.24. The predicted molar refractivity (Wildman–Crippen MR) is 85.0 cm³/mol. The molecule has 122 valence electrons. The van der Waals surface area contributed by atoms with Gasteiger partial charge < -0.3 is 15.0 Å². The molecule has 1 aromatic rings. The van der Waals surface area contributed by atoms with Crippen molar-refractivity contribution in [2.45, 2.75) is 38.0 Å². The highest BCUT2D eigenvalue weighted by Crippen LogP contribution is 2.38. The molecule has 2 aliphatic heterocycles. The molecule has 3 atom stereocenters. The quantitative estimate of drug-likeness (QED) is 0.848. The Balaban J connectivity index is 1.53. The fraction of sp³-hybridized carbons (Fsp3) is 0.500. The molecule has 0 aliphatic carbocycles. The van der Waals surface area contributed by atoms with Gasteiger partial charge in [-0.15, -0.1) is 6.42 Å². The molecule has 0 saturated carbocycles. The Labute approximate surface area is 136 Å². The van der Waals surface area contributed by atoms with E-state index in [1.165, 1.54) is 12.1 Å². The Kier molecular flexibility index (Phi) is 4.82. The first-order valence-corrected chi connectivity index (χ1v) is 8.02. The molecule has 3 unspecified atom stereocenters. The van der Waals surface area contributed by atoms with E-state index in [1.54, 1.807) is 17.0 Å². The van der Waals surface area contributed by atoms with Gasteiger partial charge in [0.2, 0.25) is 0 Å². The van der Waals surface area contributed by atoms with Crippen LogP contribution in [0.2, 0.25) is 0 Å². The van der Waals surface area contributed by atoms with Gasteiger partial charge in [-0.25, -0.2) is 9.18 Å². The van der Waals surface area contributed by atoms with Crippen molar-refractivity contribution in [1.29, 1.82) is 0 Å². The number of nitrogens with one attached hydrogen (secondary N) is 1. The van der Waals surface area contributed by atoms with Crippen LogP contribution in [0.15, 0.2) is 24.3 Å². The van der Waals surface area contributed by atoms with E-state index in [0.717, 1.165) is 24.8 Å². The van der Waals surface area contributed by atoms with Crippen LogP contribution >= 0.6 is 0 Å². The fourth-order valence-electron chi connectivity index (χ4n) is 3.41. The number of ether oxygens (including phenoxy) is 1. The van der Waals surface area contributed by atoms with Gasteiger partial charge in [-0.05, 0) is 37.0 Å². The fourth-order valence-corrected chi connectivity index (χ4v) is 3.41. The molecule has 3 rings (SSSR count). The van der Waals surface area contributed by atoms with Gasteiger partial charge in [-0.2, -0.15) is 0 Å². The number of fused-ring (bicyclic) bond motifs is 2. The molecule has 1 aromatic carbocycles. The second-order valence-electron chi connectivity index (χ2n) is 6.24. The zero-order valence-corrected chi connectivity index (χ0v) is 13.0. The number of halogens is 1. The minimum atomic E-state index is -0.294. The van der Waals surface area contributed by atoms with Crippen molar-refractivity contribution in [3.05, 3.63) is 35.6 Å². The Morgan fingerprint density at radius 3 is 2.78 bits per heavy atom. The lowest BCUT2D eigenvalue weighted by atomic mass is 9.89. The number of carbonyl (C=O) groups is 1. The van der Waals surface area contributed by atoms with E-state index in [0.29, 0.717) is 31.2 Å². The molecule has 2 fully saturated rings. The van der Waals surface area contributed by atoms with Gasteiger partial charge in [-0.1, -0.05) is 18.1 Å². The summed E-state index contributed by atoms with van der Waals surface area (Å²) in [6.07, 6.45) is 9.29. The highest BCUT2D eigenvalue weighted by Gasteiger charge is 2.40. The maximum absolute atomic E-state index is 13.0. The number of terminal acetylenes is 1. The first kappa shape index (κ1) is 15.8. The SMILES string of the molecule is C#CCN(Cc1ccc(F)cc1)C(=O)NCC1CC2CCC1O2. The summed E-state index contributed by atoms with van der Waals surface area (Å²) in [6.45, 7) is 1.20. The molecule has 23 heavy (non-hydrogen) atoms. The largest absolute Gasteiger partial charge is 0.375 e. The number of rotatable bonds is 5. The molecule has 1 N–H and O–H groups in total. The number of hydrogen-bond donors (Lipinski definition) is 1. The number of urea groups is 1. The van der Waals surface area contributed by atoms with Gasteiger partial charge in [-0.3, -0.25) is 0 Å². The van der Waals surface area contributed by atoms with Gasteiger partial charge in [0.25, 0.3) is 0 Å². The number of amides is 2. The van der Waals surface area contributed by atoms with E-state index < -0.39 is 0 Å². The van der Waals surface area contributed by atoms with Gasteiger partial charge >= 0.3 is 6.03 Å². The van der Waals surface area contributed by atoms with E-state index in [-0.39, 0.29) is 18.4 Å². The monoisotopic (exact) mass is 316 g/mol. The van der Waals surface area contributed by atoms with Crippen LogP contribution < -0.4 is 5.32 Å². The Morgan fingerprint density at radius 2 is 2.17 bits per heavy atom. The summed E-state index contributed by atoms with van der Waals surface area (Å²) in [7, 11) is 0. The average Bonchev–Trinajstić information content (AvgIpc) is 3.17. The third-order valence-corrected chi connectivity index (χ3v) is 4.60. The van der Waals surface area contributed by atoms with Crippen LogP contribution in [0.1, 0.15) is 24.8 Å². The molecular formula is C18H21FN2O2. The molecule has 2 amide bonds. The Bertz CT molecular complexity index is 596. The zero-order valence-electron chi connectivity index (χ0n) is 13.0. The summed E-state index contributed by atoms with van der Waals surface area (Å²) in [5.41, 5.74) is 0.847. The maximum atomic E-state index is 13.0. The normalized spacial score (nSPS) is 25.1. The van der Waals surface area contributed by atoms with Crippen LogP contribution in [-0.4, -0.2) is 36.2 Å². The minimum Gasteiger partial charge on any atom is -0.375 e. The van der Waals surface area contributed by atoms with E-state index in [9.17, 15) is 9.18 Å². The molecule has 2 heterocycles. The smallest absolute Gasteiger partial charge is 0.318 e. The second kappa shape index (κ2) is 7.01. The standard InChI is InChI=1S/C18H21FN2O2/c1-2-9-21(12-13-3-5-15(19)6-4-13)18(22)20-11-14-10-16-7-8-17(14)23-16/h1,3-6,14,16-17H,7-12H2,(H,20,22). The highest BCUT2D eigenvalue weighted by molar-refractivity contribution is 5.74. The summed E-state index contributed by atoms with van der Waals surface area (Å²) in [6, 6.07) is 5.91. The number of hydrogen-bond acceptors (Lipinski definition) is 2. The van der Waals surface area contributed by atoms with Crippen molar-refractivity contribution in [2.75, 3.05) is 13.1 Å².